The summed E-state index contributed by atoms with van der Waals surface area (Å²) in [6, 6.07) is -0.0148. The number of carbonyl (C=O) groups is 1. The molecule has 0 radical (unpaired) electrons. The van der Waals surface area contributed by atoms with Gasteiger partial charge in [-0.3, -0.25) is 4.79 Å². The van der Waals surface area contributed by atoms with Crippen LogP contribution in [0.2, 0.25) is 0 Å². The first-order valence-electron chi connectivity index (χ1n) is 8.15. The minimum Gasteiger partial charge on any atom is -0.378 e. The Hall–Kier alpha value is -1.40. The molecule has 1 saturated carbocycles. The fourth-order valence-corrected chi connectivity index (χ4v) is 3.49. The molecule has 1 aliphatic heterocycles. The monoisotopic (exact) mass is 307 g/mol. The van der Waals surface area contributed by atoms with E-state index in [1.165, 1.54) is 12.8 Å². The molecular weight excluding hydrogens is 282 g/mol. The maximum atomic E-state index is 12.4. The SMILES string of the molecule is COCc1cnc2n1CCN(C(=O)COC1CCCC1)[C@H]2C. The predicted molar refractivity (Wildman–Crippen MR) is 81.3 cm³/mol. The van der Waals surface area contributed by atoms with Crippen LogP contribution in [-0.2, 0) is 27.4 Å². The van der Waals surface area contributed by atoms with Crippen LogP contribution in [-0.4, -0.2) is 46.7 Å². The van der Waals surface area contributed by atoms with Crippen LogP contribution < -0.4 is 0 Å². The molecule has 1 amide bonds. The molecule has 122 valence electrons. The lowest BCUT2D eigenvalue weighted by atomic mass is 10.2. The zero-order chi connectivity index (χ0) is 15.5. The second-order valence-corrected chi connectivity index (χ2v) is 6.17. The predicted octanol–water partition coefficient (Wildman–Crippen LogP) is 1.89. The van der Waals surface area contributed by atoms with E-state index in [2.05, 4.69) is 9.55 Å². The van der Waals surface area contributed by atoms with E-state index in [1.54, 1.807) is 7.11 Å². The molecule has 22 heavy (non-hydrogen) atoms. The van der Waals surface area contributed by atoms with Crippen molar-refractivity contribution in [1.82, 2.24) is 14.5 Å². The smallest absolute Gasteiger partial charge is 0.249 e. The summed E-state index contributed by atoms with van der Waals surface area (Å²) in [5.41, 5.74) is 1.07. The average Bonchev–Trinajstić information content (AvgIpc) is 3.16. The normalized spacial score (nSPS) is 22.1. The summed E-state index contributed by atoms with van der Waals surface area (Å²) in [5.74, 6) is 1.01. The van der Waals surface area contributed by atoms with Crippen LogP contribution in [0.3, 0.4) is 0 Å². The van der Waals surface area contributed by atoms with E-state index in [4.69, 9.17) is 9.47 Å². The molecule has 2 heterocycles. The number of imidazole rings is 1. The summed E-state index contributed by atoms with van der Waals surface area (Å²) in [6.07, 6.45) is 6.75. The lowest BCUT2D eigenvalue weighted by Gasteiger charge is -2.34. The Kier molecular flexibility index (Phi) is 4.78. The van der Waals surface area contributed by atoms with Crippen LogP contribution >= 0.6 is 0 Å². The molecule has 0 saturated heterocycles. The Labute approximate surface area is 131 Å². The van der Waals surface area contributed by atoms with E-state index < -0.39 is 0 Å². The molecule has 0 N–H and O–H groups in total. The molecule has 0 unspecified atom stereocenters. The maximum absolute atomic E-state index is 12.4. The van der Waals surface area contributed by atoms with Gasteiger partial charge in [0.2, 0.25) is 5.91 Å². The molecule has 1 aromatic rings. The zero-order valence-electron chi connectivity index (χ0n) is 13.5. The summed E-state index contributed by atoms with van der Waals surface area (Å²) in [4.78, 5) is 18.8. The van der Waals surface area contributed by atoms with Gasteiger partial charge in [0.25, 0.3) is 0 Å². The summed E-state index contributed by atoms with van der Waals surface area (Å²) < 4.78 is 13.1. The van der Waals surface area contributed by atoms with Crippen LogP contribution in [0, 0.1) is 0 Å². The van der Waals surface area contributed by atoms with Crippen LogP contribution in [0.15, 0.2) is 6.20 Å². The van der Waals surface area contributed by atoms with Gasteiger partial charge in [-0.05, 0) is 19.8 Å². The molecular formula is C16H25N3O3. The number of aromatic nitrogens is 2. The van der Waals surface area contributed by atoms with Crippen molar-refractivity contribution < 1.29 is 14.3 Å². The van der Waals surface area contributed by atoms with E-state index in [0.29, 0.717) is 13.2 Å². The van der Waals surface area contributed by atoms with Crippen molar-refractivity contribution in [1.29, 1.82) is 0 Å². The van der Waals surface area contributed by atoms with Crippen molar-refractivity contribution in [2.24, 2.45) is 0 Å². The van der Waals surface area contributed by atoms with E-state index >= 15 is 0 Å². The Bertz CT molecular complexity index is 523. The van der Waals surface area contributed by atoms with Gasteiger partial charge < -0.3 is 18.9 Å². The van der Waals surface area contributed by atoms with Crippen LogP contribution in [0.5, 0.6) is 0 Å². The minimum absolute atomic E-state index is 0.0148. The third-order valence-electron chi connectivity index (χ3n) is 4.73. The van der Waals surface area contributed by atoms with Crippen LogP contribution in [0.1, 0.15) is 50.2 Å². The number of hydrogen-bond donors (Lipinski definition) is 0. The van der Waals surface area contributed by atoms with Gasteiger partial charge >= 0.3 is 0 Å². The summed E-state index contributed by atoms with van der Waals surface area (Å²) >= 11 is 0. The molecule has 6 heteroatoms. The highest BCUT2D eigenvalue weighted by atomic mass is 16.5. The van der Waals surface area contributed by atoms with Gasteiger partial charge in [-0.1, -0.05) is 12.8 Å². The van der Waals surface area contributed by atoms with Gasteiger partial charge in [-0.15, -0.1) is 0 Å². The van der Waals surface area contributed by atoms with Crippen LogP contribution in [0.4, 0.5) is 0 Å². The average molecular weight is 307 g/mol. The zero-order valence-corrected chi connectivity index (χ0v) is 13.5. The van der Waals surface area contributed by atoms with Crippen molar-refractivity contribution in [2.75, 3.05) is 20.3 Å². The lowest BCUT2D eigenvalue weighted by Crippen LogP contribution is -2.43. The number of hydrogen-bond acceptors (Lipinski definition) is 4. The summed E-state index contributed by atoms with van der Waals surface area (Å²) in [7, 11) is 1.68. The van der Waals surface area contributed by atoms with Crippen molar-refractivity contribution in [3.63, 3.8) is 0 Å². The van der Waals surface area contributed by atoms with Crippen molar-refractivity contribution in [3.8, 4) is 0 Å². The van der Waals surface area contributed by atoms with E-state index in [0.717, 1.165) is 30.9 Å². The van der Waals surface area contributed by atoms with Crippen molar-refractivity contribution in [2.45, 2.75) is 57.9 Å². The van der Waals surface area contributed by atoms with Gasteiger partial charge in [-0.25, -0.2) is 4.98 Å². The van der Waals surface area contributed by atoms with Gasteiger partial charge in [0.15, 0.2) is 0 Å². The van der Waals surface area contributed by atoms with Crippen molar-refractivity contribution in [3.05, 3.63) is 17.7 Å². The molecule has 1 aliphatic carbocycles. The second-order valence-electron chi connectivity index (χ2n) is 6.17. The van der Waals surface area contributed by atoms with Gasteiger partial charge in [0.05, 0.1) is 30.6 Å². The Balaban J connectivity index is 1.61. The van der Waals surface area contributed by atoms with Gasteiger partial charge in [0, 0.05) is 20.2 Å². The highest BCUT2D eigenvalue weighted by molar-refractivity contribution is 5.78. The maximum Gasteiger partial charge on any atom is 0.249 e. The molecule has 0 spiro atoms. The first-order chi connectivity index (χ1) is 10.7. The quantitative estimate of drug-likeness (QED) is 0.833. The number of methoxy groups -OCH3 is 1. The topological polar surface area (TPSA) is 56.6 Å². The molecule has 2 aliphatic rings. The Morgan fingerprint density at radius 3 is 2.86 bits per heavy atom. The number of fused-ring (bicyclic) bond motifs is 1. The first-order valence-corrected chi connectivity index (χ1v) is 8.15. The van der Waals surface area contributed by atoms with E-state index in [-0.39, 0.29) is 24.7 Å². The summed E-state index contributed by atoms with van der Waals surface area (Å²) in [6.45, 7) is 4.25. The number of rotatable bonds is 5. The molecule has 6 nitrogen and oxygen atoms in total. The Morgan fingerprint density at radius 2 is 2.14 bits per heavy atom. The minimum atomic E-state index is -0.0148. The van der Waals surface area contributed by atoms with Gasteiger partial charge in [0.1, 0.15) is 12.4 Å². The standard InChI is InChI=1S/C16H25N3O3/c1-12-16-17-9-13(10-21-2)19(16)8-7-18(12)15(20)11-22-14-5-3-4-6-14/h9,12,14H,3-8,10-11H2,1-2H3/t12-/m0/s1. The molecule has 1 fully saturated rings. The summed E-state index contributed by atoms with van der Waals surface area (Å²) in [5, 5.41) is 0. The fraction of sp³-hybridized carbons (Fsp3) is 0.750. The largest absolute Gasteiger partial charge is 0.378 e. The van der Waals surface area contributed by atoms with Crippen LogP contribution in [0.25, 0.3) is 0 Å². The number of ether oxygens (including phenoxy) is 2. The third-order valence-corrected chi connectivity index (χ3v) is 4.73. The number of carbonyl (C=O) groups excluding carboxylic acids is 1. The van der Waals surface area contributed by atoms with Crippen molar-refractivity contribution >= 4 is 5.91 Å². The van der Waals surface area contributed by atoms with Gasteiger partial charge in [-0.2, -0.15) is 0 Å². The highest BCUT2D eigenvalue weighted by Gasteiger charge is 2.30. The second kappa shape index (κ2) is 6.79. The number of nitrogens with zero attached hydrogens (tertiary/aromatic N) is 3. The lowest BCUT2D eigenvalue weighted by molar-refractivity contribution is -0.141. The number of amides is 1. The molecule has 1 aromatic heterocycles. The Morgan fingerprint density at radius 1 is 1.36 bits per heavy atom. The molecule has 0 aromatic carbocycles. The molecule has 3 rings (SSSR count). The third kappa shape index (κ3) is 3.03. The highest BCUT2D eigenvalue weighted by Crippen LogP contribution is 2.26. The molecule has 1 atom stereocenters. The molecule has 0 bridgehead atoms. The van der Waals surface area contributed by atoms with E-state index in [9.17, 15) is 4.79 Å². The fourth-order valence-electron chi connectivity index (χ4n) is 3.49. The first kappa shape index (κ1) is 15.5. The van der Waals surface area contributed by atoms with E-state index in [1.807, 2.05) is 18.0 Å².